The summed E-state index contributed by atoms with van der Waals surface area (Å²) in [4.78, 5) is 16.0. The number of nitrogens with zero attached hydrogens (tertiary/aromatic N) is 2. The molecule has 4 nitrogen and oxygen atoms in total. The van der Waals surface area contributed by atoms with Gasteiger partial charge in [-0.2, -0.15) is 0 Å². The molecule has 0 aliphatic carbocycles. The van der Waals surface area contributed by atoms with E-state index in [9.17, 15) is 4.79 Å². The normalized spacial score (nSPS) is 23.1. The van der Waals surface area contributed by atoms with Gasteiger partial charge in [0.1, 0.15) is 6.61 Å². The highest BCUT2D eigenvalue weighted by Crippen LogP contribution is 2.10. The lowest BCUT2D eigenvalue weighted by atomic mass is 10.1. The Morgan fingerprint density at radius 3 is 2.73 bits per heavy atom. The Morgan fingerprint density at radius 1 is 1.40 bits per heavy atom. The molecule has 1 heterocycles. The van der Waals surface area contributed by atoms with Gasteiger partial charge in [-0.25, -0.2) is 0 Å². The molecular formula is C11H22N2O2. The van der Waals surface area contributed by atoms with Crippen LogP contribution < -0.4 is 0 Å². The van der Waals surface area contributed by atoms with Gasteiger partial charge < -0.3 is 9.64 Å². The third-order valence-corrected chi connectivity index (χ3v) is 3.03. The van der Waals surface area contributed by atoms with E-state index >= 15 is 0 Å². The molecule has 1 atom stereocenters. The molecule has 1 fully saturated rings. The van der Waals surface area contributed by atoms with Crippen molar-refractivity contribution < 1.29 is 9.53 Å². The van der Waals surface area contributed by atoms with Gasteiger partial charge in [0.05, 0.1) is 0 Å². The zero-order valence-electron chi connectivity index (χ0n) is 10.0. The van der Waals surface area contributed by atoms with Crippen molar-refractivity contribution in [1.29, 1.82) is 0 Å². The predicted molar refractivity (Wildman–Crippen MR) is 59.8 cm³/mol. The Balaban J connectivity index is 2.40. The van der Waals surface area contributed by atoms with E-state index in [2.05, 4.69) is 18.9 Å². The first kappa shape index (κ1) is 12.5. The van der Waals surface area contributed by atoms with Crippen LogP contribution in [-0.4, -0.2) is 61.6 Å². The Hall–Kier alpha value is -0.610. The summed E-state index contributed by atoms with van der Waals surface area (Å²) < 4.78 is 5.14. The molecule has 1 saturated heterocycles. The minimum atomic E-state index is 0.128. The summed E-state index contributed by atoms with van der Waals surface area (Å²) in [5.41, 5.74) is 0. The van der Waals surface area contributed by atoms with Crippen LogP contribution in [0.5, 0.6) is 0 Å². The number of hydrogen-bond donors (Lipinski definition) is 0. The van der Waals surface area contributed by atoms with Crippen molar-refractivity contribution in [2.45, 2.75) is 26.3 Å². The third-order valence-electron chi connectivity index (χ3n) is 3.03. The quantitative estimate of drug-likeness (QED) is 0.686. The molecule has 1 aliphatic heterocycles. The number of carbonyl (C=O) groups excluding carboxylic acids is 1. The van der Waals surface area contributed by atoms with E-state index in [-0.39, 0.29) is 12.5 Å². The SMILES string of the molecule is CCOCC(=O)N1CCN(C)C(CC)C1. The van der Waals surface area contributed by atoms with Crippen LogP contribution in [-0.2, 0) is 9.53 Å². The fraction of sp³-hybridized carbons (Fsp3) is 0.909. The van der Waals surface area contributed by atoms with Gasteiger partial charge in [0.25, 0.3) is 0 Å². The predicted octanol–water partition coefficient (Wildman–Crippen LogP) is 0.575. The number of carbonyl (C=O) groups is 1. The van der Waals surface area contributed by atoms with E-state index in [1.54, 1.807) is 0 Å². The molecule has 0 bridgehead atoms. The van der Waals surface area contributed by atoms with Gasteiger partial charge >= 0.3 is 0 Å². The van der Waals surface area contributed by atoms with Crippen molar-refractivity contribution in [2.75, 3.05) is 39.9 Å². The molecule has 0 radical (unpaired) electrons. The lowest BCUT2D eigenvalue weighted by Gasteiger charge is -2.39. The summed E-state index contributed by atoms with van der Waals surface area (Å²) in [7, 11) is 2.12. The van der Waals surface area contributed by atoms with Gasteiger partial charge in [-0.15, -0.1) is 0 Å². The first-order chi connectivity index (χ1) is 7.19. The van der Waals surface area contributed by atoms with Gasteiger partial charge in [0.2, 0.25) is 5.91 Å². The lowest BCUT2D eigenvalue weighted by Crippen LogP contribution is -2.53. The largest absolute Gasteiger partial charge is 0.372 e. The van der Waals surface area contributed by atoms with E-state index < -0.39 is 0 Å². The van der Waals surface area contributed by atoms with Crippen LogP contribution in [0.3, 0.4) is 0 Å². The number of rotatable bonds is 4. The van der Waals surface area contributed by atoms with Crippen molar-refractivity contribution in [3.63, 3.8) is 0 Å². The minimum absolute atomic E-state index is 0.128. The molecule has 88 valence electrons. The van der Waals surface area contributed by atoms with Crippen LogP contribution in [0.15, 0.2) is 0 Å². The molecule has 1 rings (SSSR count). The summed E-state index contributed by atoms with van der Waals surface area (Å²) in [6.45, 7) is 7.56. The van der Waals surface area contributed by atoms with Crippen LogP contribution in [0.2, 0.25) is 0 Å². The second-order valence-electron chi connectivity index (χ2n) is 4.02. The highest BCUT2D eigenvalue weighted by atomic mass is 16.5. The van der Waals surface area contributed by atoms with Gasteiger partial charge in [0, 0.05) is 32.3 Å². The topological polar surface area (TPSA) is 32.8 Å². The van der Waals surface area contributed by atoms with Crippen molar-refractivity contribution in [2.24, 2.45) is 0 Å². The summed E-state index contributed by atoms with van der Waals surface area (Å²) in [5, 5.41) is 0. The molecule has 0 N–H and O–H groups in total. The smallest absolute Gasteiger partial charge is 0.248 e. The molecule has 4 heteroatoms. The second kappa shape index (κ2) is 6.08. The summed E-state index contributed by atoms with van der Waals surface area (Å²) >= 11 is 0. The monoisotopic (exact) mass is 214 g/mol. The highest BCUT2D eigenvalue weighted by molar-refractivity contribution is 5.77. The fourth-order valence-electron chi connectivity index (χ4n) is 1.89. The number of amides is 1. The number of likely N-dealkylation sites (N-methyl/N-ethyl adjacent to an activating group) is 1. The van der Waals surface area contributed by atoms with Crippen molar-refractivity contribution >= 4 is 5.91 Å². The fourth-order valence-corrected chi connectivity index (χ4v) is 1.89. The van der Waals surface area contributed by atoms with E-state index in [1.807, 2.05) is 11.8 Å². The zero-order chi connectivity index (χ0) is 11.3. The Kier molecular flexibility index (Phi) is 5.05. The third kappa shape index (κ3) is 3.47. The van der Waals surface area contributed by atoms with E-state index in [4.69, 9.17) is 4.74 Å². The Morgan fingerprint density at radius 2 is 2.13 bits per heavy atom. The maximum absolute atomic E-state index is 11.7. The van der Waals surface area contributed by atoms with Crippen LogP contribution in [0.1, 0.15) is 20.3 Å². The van der Waals surface area contributed by atoms with E-state index in [0.29, 0.717) is 12.6 Å². The first-order valence-corrected chi connectivity index (χ1v) is 5.74. The van der Waals surface area contributed by atoms with Crippen LogP contribution >= 0.6 is 0 Å². The molecule has 0 aromatic rings. The molecular weight excluding hydrogens is 192 g/mol. The molecule has 1 amide bonds. The molecule has 0 aromatic heterocycles. The van der Waals surface area contributed by atoms with Gasteiger partial charge in [-0.1, -0.05) is 6.92 Å². The summed E-state index contributed by atoms with van der Waals surface area (Å²) in [6, 6.07) is 0.504. The first-order valence-electron chi connectivity index (χ1n) is 5.74. The number of ether oxygens (including phenoxy) is 1. The van der Waals surface area contributed by atoms with Crippen molar-refractivity contribution in [1.82, 2.24) is 9.80 Å². The highest BCUT2D eigenvalue weighted by Gasteiger charge is 2.25. The van der Waals surface area contributed by atoms with E-state index in [0.717, 1.165) is 26.1 Å². The second-order valence-corrected chi connectivity index (χ2v) is 4.02. The Labute approximate surface area is 92.2 Å². The van der Waals surface area contributed by atoms with Gasteiger partial charge in [-0.3, -0.25) is 9.69 Å². The molecule has 0 spiro atoms. The zero-order valence-corrected chi connectivity index (χ0v) is 10.0. The Bertz CT molecular complexity index is 209. The van der Waals surface area contributed by atoms with Crippen LogP contribution in [0.4, 0.5) is 0 Å². The summed E-state index contributed by atoms with van der Waals surface area (Å²) in [5.74, 6) is 0.128. The maximum atomic E-state index is 11.7. The minimum Gasteiger partial charge on any atom is -0.372 e. The van der Waals surface area contributed by atoms with Gasteiger partial charge in [-0.05, 0) is 20.4 Å². The lowest BCUT2D eigenvalue weighted by molar-refractivity contribution is -0.138. The maximum Gasteiger partial charge on any atom is 0.248 e. The molecule has 1 aliphatic rings. The van der Waals surface area contributed by atoms with E-state index in [1.165, 1.54) is 0 Å². The van der Waals surface area contributed by atoms with Crippen molar-refractivity contribution in [3.05, 3.63) is 0 Å². The number of hydrogen-bond acceptors (Lipinski definition) is 3. The van der Waals surface area contributed by atoms with Gasteiger partial charge in [0.15, 0.2) is 0 Å². The molecule has 0 saturated carbocycles. The average Bonchev–Trinajstić information content (AvgIpc) is 2.26. The van der Waals surface area contributed by atoms with Crippen LogP contribution in [0, 0.1) is 0 Å². The molecule has 0 aromatic carbocycles. The molecule has 1 unspecified atom stereocenters. The average molecular weight is 214 g/mol. The van der Waals surface area contributed by atoms with Crippen LogP contribution in [0.25, 0.3) is 0 Å². The van der Waals surface area contributed by atoms with Crippen molar-refractivity contribution in [3.8, 4) is 0 Å². The standard InChI is InChI=1S/C11H22N2O2/c1-4-10-8-13(7-6-12(10)3)11(14)9-15-5-2/h10H,4-9H2,1-3H3. The molecule has 15 heavy (non-hydrogen) atoms. The number of piperazine rings is 1. The summed E-state index contributed by atoms with van der Waals surface area (Å²) in [6.07, 6.45) is 1.09.